The number of para-hydroxylation sites is 1. The number of nitrogens with two attached hydrogens (primary N) is 1. The van der Waals surface area contributed by atoms with Crippen LogP contribution >= 0.6 is 0 Å². The number of nitrogen functional groups attached to an aromatic ring is 1. The number of hydrazine groups is 1. The average molecular weight is 294 g/mol. The Morgan fingerprint density at radius 1 is 1.20 bits per heavy atom. The molecule has 8 heteroatoms. The van der Waals surface area contributed by atoms with Crippen molar-refractivity contribution in [2.24, 2.45) is 5.84 Å². The van der Waals surface area contributed by atoms with Crippen LogP contribution in [0.1, 0.15) is 0 Å². The van der Waals surface area contributed by atoms with Crippen molar-refractivity contribution < 1.29 is 13.2 Å². The molecule has 0 fully saturated rings. The summed E-state index contributed by atoms with van der Waals surface area (Å²) in [5.74, 6) is 5.71. The fraction of sp³-hybridized carbons (Fsp3) is 0.0833. The van der Waals surface area contributed by atoms with E-state index in [2.05, 4.69) is 15.1 Å². The molecule has 0 unspecified atom stereocenters. The Hall–Kier alpha value is -2.32. The quantitative estimate of drug-likeness (QED) is 0.564. The van der Waals surface area contributed by atoms with Gasteiger partial charge in [-0.25, -0.2) is 13.4 Å². The van der Waals surface area contributed by atoms with Crippen molar-refractivity contribution >= 4 is 21.4 Å². The molecule has 0 aliphatic rings. The minimum atomic E-state index is -3.75. The van der Waals surface area contributed by atoms with Gasteiger partial charge in [0.05, 0.1) is 24.7 Å². The van der Waals surface area contributed by atoms with Crippen molar-refractivity contribution in [3.8, 4) is 5.88 Å². The van der Waals surface area contributed by atoms with Crippen molar-refractivity contribution in [2.45, 2.75) is 4.90 Å². The van der Waals surface area contributed by atoms with Gasteiger partial charge in [0.1, 0.15) is 4.90 Å². The number of ether oxygens (including phenoxy) is 1. The van der Waals surface area contributed by atoms with Crippen LogP contribution in [0.25, 0.3) is 0 Å². The predicted octanol–water partition coefficient (Wildman–Crippen LogP) is 1.18. The maximum atomic E-state index is 12.3. The second-order valence-corrected chi connectivity index (χ2v) is 5.49. The van der Waals surface area contributed by atoms with Crippen molar-refractivity contribution in [2.75, 3.05) is 17.3 Å². The molecule has 1 aromatic carbocycles. The van der Waals surface area contributed by atoms with Gasteiger partial charge in [0, 0.05) is 6.07 Å². The van der Waals surface area contributed by atoms with Crippen LogP contribution in [0.2, 0.25) is 0 Å². The molecule has 106 valence electrons. The van der Waals surface area contributed by atoms with Crippen LogP contribution in [0.5, 0.6) is 5.88 Å². The number of hydrogen-bond donors (Lipinski definition) is 3. The molecule has 0 radical (unpaired) electrons. The monoisotopic (exact) mass is 294 g/mol. The number of nitrogens with one attached hydrogen (secondary N) is 2. The zero-order chi connectivity index (χ0) is 14.6. The number of benzene rings is 1. The van der Waals surface area contributed by atoms with Gasteiger partial charge < -0.3 is 10.2 Å². The molecule has 0 atom stereocenters. The van der Waals surface area contributed by atoms with Gasteiger partial charge in [0.15, 0.2) is 0 Å². The third kappa shape index (κ3) is 2.98. The first-order valence-electron chi connectivity index (χ1n) is 5.65. The Labute approximate surface area is 116 Å². The molecule has 7 nitrogen and oxygen atoms in total. The standard InChI is InChI=1S/C12H14N4O3S/c1-19-12-7-6-9(8-14-12)16-20(17,18)11-5-3-2-4-10(11)15-13/h2-8,15-16H,13H2,1H3. The van der Waals surface area contributed by atoms with Gasteiger partial charge in [-0.3, -0.25) is 10.6 Å². The van der Waals surface area contributed by atoms with Crippen LogP contribution in [0.4, 0.5) is 11.4 Å². The Morgan fingerprint density at radius 2 is 1.95 bits per heavy atom. The van der Waals surface area contributed by atoms with Crippen molar-refractivity contribution in [3.63, 3.8) is 0 Å². The largest absolute Gasteiger partial charge is 0.481 e. The average Bonchev–Trinajstić information content (AvgIpc) is 2.47. The SMILES string of the molecule is COc1ccc(NS(=O)(=O)c2ccccc2NN)cn1. The second kappa shape index (κ2) is 5.76. The number of sulfonamides is 1. The number of hydrogen-bond acceptors (Lipinski definition) is 6. The highest BCUT2D eigenvalue weighted by molar-refractivity contribution is 7.92. The fourth-order valence-electron chi connectivity index (χ4n) is 1.59. The van der Waals surface area contributed by atoms with Crippen molar-refractivity contribution in [1.82, 2.24) is 4.98 Å². The van der Waals surface area contributed by atoms with Gasteiger partial charge >= 0.3 is 0 Å². The van der Waals surface area contributed by atoms with Gasteiger partial charge in [-0.2, -0.15) is 0 Å². The normalized spacial score (nSPS) is 10.9. The highest BCUT2D eigenvalue weighted by atomic mass is 32.2. The third-order valence-corrected chi connectivity index (χ3v) is 3.97. The lowest BCUT2D eigenvalue weighted by molar-refractivity contribution is 0.398. The summed E-state index contributed by atoms with van der Waals surface area (Å²) in [6, 6.07) is 9.44. The van der Waals surface area contributed by atoms with Gasteiger partial charge in [-0.15, -0.1) is 0 Å². The molecular weight excluding hydrogens is 280 g/mol. The molecule has 0 saturated carbocycles. The summed E-state index contributed by atoms with van der Waals surface area (Å²) >= 11 is 0. The van der Waals surface area contributed by atoms with Gasteiger partial charge in [-0.1, -0.05) is 12.1 Å². The van der Waals surface area contributed by atoms with Crippen LogP contribution in [-0.2, 0) is 10.0 Å². The molecule has 0 spiro atoms. The number of pyridine rings is 1. The molecule has 20 heavy (non-hydrogen) atoms. The molecule has 1 heterocycles. The molecule has 1 aromatic heterocycles. The van der Waals surface area contributed by atoms with Gasteiger partial charge in [-0.05, 0) is 18.2 Å². The zero-order valence-electron chi connectivity index (χ0n) is 10.7. The van der Waals surface area contributed by atoms with Gasteiger partial charge in [0.25, 0.3) is 10.0 Å². The van der Waals surface area contributed by atoms with Crippen LogP contribution in [-0.4, -0.2) is 20.5 Å². The number of nitrogens with zero attached hydrogens (tertiary/aromatic N) is 1. The predicted molar refractivity (Wildman–Crippen MR) is 75.8 cm³/mol. The summed E-state index contributed by atoms with van der Waals surface area (Å²) in [6.07, 6.45) is 1.37. The van der Waals surface area contributed by atoms with E-state index in [0.29, 0.717) is 17.3 Å². The molecule has 0 saturated heterocycles. The van der Waals surface area contributed by atoms with E-state index in [1.165, 1.54) is 19.4 Å². The number of methoxy groups -OCH3 is 1. The summed E-state index contributed by atoms with van der Waals surface area (Å²) in [4.78, 5) is 3.98. The summed E-state index contributed by atoms with van der Waals surface area (Å²) < 4.78 is 31.9. The lowest BCUT2D eigenvalue weighted by Gasteiger charge is -2.11. The Morgan fingerprint density at radius 3 is 2.55 bits per heavy atom. The van der Waals surface area contributed by atoms with E-state index in [9.17, 15) is 8.42 Å². The first kappa shape index (κ1) is 14.1. The van der Waals surface area contributed by atoms with E-state index >= 15 is 0 Å². The Bertz CT molecular complexity index is 686. The lowest BCUT2D eigenvalue weighted by Crippen LogP contribution is -2.17. The maximum absolute atomic E-state index is 12.3. The zero-order valence-corrected chi connectivity index (χ0v) is 11.5. The van der Waals surface area contributed by atoms with E-state index in [4.69, 9.17) is 10.6 Å². The van der Waals surface area contributed by atoms with Crippen LogP contribution in [0.3, 0.4) is 0 Å². The van der Waals surface area contributed by atoms with Crippen molar-refractivity contribution in [1.29, 1.82) is 0 Å². The third-order valence-electron chi connectivity index (χ3n) is 2.53. The summed E-state index contributed by atoms with van der Waals surface area (Å²) in [5, 5.41) is 0. The van der Waals surface area contributed by atoms with Crippen LogP contribution in [0.15, 0.2) is 47.5 Å². The Balaban J connectivity index is 2.30. The van der Waals surface area contributed by atoms with Gasteiger partial charge in [0.2, 0.25) is 5.88 Å². The molecular formula is C12H14N4O3S. The summed E-state index contributed by atoms with van der Waals surface area (Å²) in [7, 11) is -2.27. The maximum Gasteiger partial charge on any atom is 0.264 e. The molecule has 0 aliphatic heterocycles. The highest BCUT2D eigenvalue weighted by Crippen LogP contribution is 2.23. The van der Waals surface area contributed by atoms with E-state index in [-0.39, 0.29) is 4.90 Å². The number of anilines is 2. The smallest absolute Gasteiger partial charge is 0.264 e. The molecule has 0 bridgehead atoms. The molecule has 2 aromatic rings. The topological polar surface area (TPSA) is 106 Å². The fourth-order valence-corrected chi connectivity index (χ4v) is 2.81. The summed E-state index contributed by atoms with van der Waals surface area (Å²) in [5.41, 5.74) is 2.99. The Kier molecular flexibility index (Phi) is 4.06. The van der Waals surface area contributed by atoms with E-state index < -0.39 is 10.0 Å². The highest BCUT2D eigenvalue weighted by Gasteiger charge is 2.18. The molecule has 0 aliphatic carbocycles. The minimum absolute atomic E-state index is 0.0540. The lowest BCUT2D eigenvalue weighted by atomic mass is 10.3. The second-order valence-electron chi connectivity index (χ2n) is 3.84. The minimum Gasteiger partial charge on any atom is -0.481 e. The molecule has 4 N–H and O–H groups in total. The first-order valence-corrected chi connectivity index (χ1v) is 7.13. The van der Waals surface area contributed by atoms with E-state index in [1.807, 2.05) is 0 Å². The molecule has 2 rings (SSSR count). The molecule has 0 amide bonds. The first-order chi connectivity index (χ1) is 9.56. The van der Waals surface area contributed by atoms with E-state index in [1.54, 1.807) is 30.3 Å². The number of rotatable bonds is 5. The van der Waals surface area contributed by atoms with E-state index in [0.717, 1.165) is 0 Å². The van der Waals surface area contributed by atoms with Crippen molar-refractivity contribution in [3.05, 3.63) is 42.6 Å². The van der Waals surface area contributed by atoms with Crippen LogP contribution < -0.4 is 20.7 Å². The van der Waals surface area contributed by atoms with Crippen LogP contribution in [0, 0.1) is 0 Å². The summed E-state index contributed by atoms with van der Waals surface area (Å²) in [6.45, 7) is 0. The number of aromatic nitrogens is 1.